The molecule has 1 aromatic carbocycles. The average molecular weight is 494 g/mol. The maximum absolute atomic E-state index is 12.7. The second-order valence-corrected chi connectivity index (χ2v) is 10.2. The van der Waals surface area contributed by atoms with Crippen molar-refractivity contribution in [2.45, 2.75) is 50.1 Å². The molecule has 0 atom stereocenters. The summed E-state index contributed by atoms with van der Waals surface area (Å²) in [5, 5.41) is 9.59. The zero-order chi connectivity index (χ0) is 25.1. The molecule has 9 heteroatoms. The van der Waals surface area contributed by atoms with Crippen LogP contribution >= 0.6 is 0 Å². The topological polar surface area (TPSA) is 83.5 Å². The van der Waals surface area contributed by atoms with Crippen molar-refractivity contribution in [1.29, 1.82) is 0 Å². The molecule has 182 valence electrons. The van der Waals surface area contributed by atoms with Crippen LogP contribution in [0.3, 0.4) is 0 Å². The van der Waals surface area contributed by atoms with Gasteiger partial charge in [0.1, 0.15) is 0 Å². The Labute approximate surface area is 197 Å². The molecule has 2 aliphatic carbocycles. The van der Waals surface area contributed by atoms with E-state index in [0.717, 1.165) is 41.0 Å². The van der Waals surface area contributed by atoms with Gasteiger partial charge in [-0.25, -0.2) is 17.9 Å². The van der Waals surface area contributed by atoms with Crippen LogP contribution in [0.5, 0.6) is 0 Å². The highest BCUT2D eigenvalue weighted by atomic mass is 32.2. The van der Waals surface area contributed by atoms with Crippen molar-refractivity contribution in [3.05, 3.63) is 76.9 Å². The standard InChI is InChI=1S/C25H26F3NO4S/c1-16(2)17-6-12-21-18(15-23(24(30)31)22(21)13-7-17)5-3-4-14-29-34(32,33)20-10-8-19(9-11-20)25(26,27)28/h6-13,15-16,29H,3-5,14H2,1-2H3,(H,30,31). The van der Waals surface area contributed by atoms with Gasteiger partial charge in [0.2, 0.25) is 10.0 Å². The van der Waals surface area contributed by atoms with Gasteiger partial charge in [0.25, 0.3) is 0 Å². The van der Waals surface area contributed by atoms with E-state index in [1.54, 1.807) is 6.07 Å². The number of halogens is 3. The average Bonchev–Trinajstić information content (AvgIpc) is 2.95. The Balaban J connectivity index is 1.63. The van der Waals surface area contributed by atoms with Gasteiger partial charge in [0.15, 0.2) is 0 Å². The Morgan fingerprint density at radius 1 is 0.971 bits per heavy atom. The van der Waals surface area contributed by atoms with Crippen LogP contribution in [0.4, 0.5) is 13.2 Å². The second-order valence-electron chi connectivity index (χ2n) is 8.41. The van der Waals surface area contributed by atoms with E-state index in [4.69, 9.17) is 0 Å². The van der Waals surface area contributed by atoms with Crippen LogP contribution in [0.25, 0.3) is 11.1 Å². The summed E-state index contributed by atoms with van der Waals surface area (Å²) in [6.07, 6.45) is -2.89. The Hall–Kier alpha value is -2.91. The van der Waals surface area contributed by atoms with Crippen molar-refractivity contribution < 1.29 is 31.5 Å². The molecular formula is C25H26F3NO4S. The Kier molecular flexibility index (Phi) is 7.67. The zero-order valence-electron chi connectivity index (χ0n) is 18.8. The summed E-state index contributed by atoms with van der Waals surface area (Å²) >= 11 is 0. The summed E-state index contributed by atoms with van der Waals surface area (Å²) < 4.78 is 65.1. The first-order valence-electron chi connectivity index (χ1n) is 10.9. The van der Waals surface area contributed by atoms with E-state index < -0.39 is 27.7 Å². The molecule has 2 aliphatic rings. The summed E-state index contributed by atoms with van der Waals surface area (Å²) in [4.78, 5) is 11.5. The normalized spacial score (nSPS) is 12.4. The van der Waals surface area contributed by atoms with Crippen molar-refractivity contribution in [1.82, 2.24) is 4.72 Å². The molecule has 0 fully saturated rings. The van der Waals surface area contributed by atoms with Gasteiger partial charge in [0, 0.05) is 6.54 Å². The highest BCUT2D eigenvalue weighted by Gasteiger charge is 2.30. The number of unbranched alkanes of at least 4 members (excludes halogenated alkanes) is 1. The van der Waals surface area contributed by atoms with Gasteiger partial charge in [-0.2, -0.15) is 13.2 Å². The molecule has 5 nitrogen and oxygen atoms in total. The Morgan fingerprint density at radius 3 is 2.15 bits per heavy atom. The molecule has 0 amide bonds. The third-order valence-electron chi connectivity index (χ3n) is 5.68. The van der Waals surface area contributed by atoms with E-state index in [0.29, 0.717) is 30.7 Å². The van der Waals surface area contributed by atoms with Gasteiger partial charge in [0.05, 0.1) is 16.0 Å². The molecule has 0 saturated carbocycles. The van der Waals surface area contributed by atoms with Crippen LogP contribution in [0.15, 0.2) is 59.5 Å². The van der Waals surface area contributed by atoms with Crippen molar-refractivity contribution in [2.24, 2.45) is 0 Å². The predicted molar refractivity (Wildman–Crippen MR) is 124 cm³/mol. The molecule has 0 aliphatic heterocycles. The number of carbonyl (C=O) groups is 1. The second kappa shape index (κ2) is 10.1. The lowest BCUT2D eigenvalue weighted by molar-refractivity contribution is -0.137. The van der Waals surface area contributed by atoms with E-state index in [1.165, 1.54) is 0 Å². The minimum absolute atomic E-state index is 0.110. The molecule has 2 N–H and O–H groups in total. The summed E-state index contributed by atoms with van der Waals surface area (Å²) in [6.45, 7) is 4.23. The highest BCUT2D eigenvalue weighted by molar-refractivity contribution is 7.89. The van der Waals surface area contributed by atoms with Gasteiger partial charge in [-0.15, -0.1) is 0 Å². The van der Waals surface area contributed by atoms with Crippen LogP contribution < -0.4 is 4.72 Å². The lowest BCUT2D eigenvalue weighted by Gasteiger charge is -2.09. The Bertz CT molecular complexity index is 1240. The first-order chi connectivity index (χ1) is 15.9. The predicted octanol–water partition coefficient (Wildman–Crippen LogP) is 5.93. The largest absolute Gasteiger partial charge is 0.478 e. The number of aryl methyl sites for hydroxylation is 1. The molecule has 34 heavy (non-hydrogen) atoms. The number of sulfonamides is 1. The van der Waals surface area contributed by atoms with Crippen molar-refractivity contribution in [2.75, 3.05) is 6.54 Å². The number of aromatic carboxylic acids is 1. The van der Waals surface area contributed by atoms with Crippen molar-refractivity contribution >= 4 is 16.0 Å². The van der Waals surface area contributed by atoms with Crippen molar-refractivity contribution in [3.63, 3.8) is 0 Å². The summed E-state index contributed by atoms with van der Waals surface area (Å²) in [5.74, 6) is -0.705. The van der Waals surface area contributed by atoms with E-state index in [2.05, 4.69) is 18.6 Å². The maximum atomic E-state index is 12.7. The third-order valence-corrected chi connectivity index (χ3v) is 7.16. The number of benzene rings is 1. The molecule has 0 saturated heterocycles. The fourth-order valence-electron chi connectivity index (χ4n) is 3.76. The fourth-order valence-corrected chi connectivity index (χ4v) is 4.84. The molecule has 0 spiro atoms. The van der Waals surface area contributed by atoms with Gasteiger partial charge in [-0.05, 0) is 77.8 Å². The van der Waals surface area contributed by atoms with Crippen LogP contribution in [-0.2, 0) is 22.6 Å². The number of hydrogen-bond acceptors (Lipinski definition) is 3. The van der Waals surface area contributed by atoms with E-state index >= 15 is 0 Å². The van der Waals surface area contributed by atoms with Gasteiger partial charge in [-0.1, -0.05) is 38.1 Å². The molecule has 0 radical (unpaired) electrons. The minimum atomic E-state index is -4.53. The fraction of sp³-hybridized carbons (Fsp3) is 0.320. The quantitative estimate of drug-likeness (QED) is 0.362. The number of alkyl halides is 3. The zero-order valence-corrected chi connectivity index (χ0v) is 19.6. The van der Waals surface area contributed by atoms with Crippen molar-refractivity contribution in [3.8, 4) is 11.1 Å². The number of rotatable bonds is 9. The summed E-state index contributed by atoms with van der Waals surface area (Å²) in [5.41, 5.74) is 2.81. The first-order valence-corrected chi connectivity index (χ1v) is 12.3. The molecule has 0 aromatic heterocycles. The smallest absolute Gasteiger partial charge is 0.416 e. The lowest BCUT2D eigenvalue weighted by Crippen LogP contribution is -2.25. The number of fused-ring (bicyclic) bond motifs is 1. The van der Waals surface area contributed by atoms with Gasteiger partial charge >= 0.3 is 12.1 Å². The SMILES string of the molecule is CC(C)c1ccc2c(CCCCNS(=O)(=O)c3ccc(C(F)(F)F)cc3)cc(C(=O)O)c-2cc1. The monoisotopic (exact) mass is 493 g/mol. The van der Waals surface area contributed by atoms with Crippen LogP contribution in [0, 0.1) is 0 Å². The summed E-state index contributed by atoms with van der Waals surface area (Å²) in [6, 6.07) is 12.7. The van der Waals surface area contributed by atoms with Gasteiger partial charge < -0.3 is 5.11 Å². The molecule has 3 rings (SSSR count). The Morgan fingerprint density at radius 2 is 1.59 bits per heavy atom. The van der Waals surface area contributed by atoms with Gasteiger partial charge in [-0.3, -0.25) is 0 Å². The maximum Gasteiger partial charge on any atom is 0.416 e. The molecule has 0 unspecified atom stereocenters. The minimum Gasteiger partial charge on any atom is -0.478 e. The van der Waals surface area contributed by atoms with E-state index in [1.807, 2.05) is 24.3 Å². The number of carboxylic acid groups (broad SMARTS) is 1. The lowest BCUT2D eigenvalue weighted by atomic mass is 10.0. The summed E-state index contributed by atoms with van der Waals surface area (Å²) in [7, 11) is -3.93. The number of carboxylic acids is 1. The first kappa shape index (κ1) is 25.7. The van der Waals surface area contributed by atoms with Crippen LogP contribution in [0.1, 0.15) is 59.7 Å². The van der Waals surface area contributed by atoms with E-state index in [-0.39, 0.29) is 17.0 Å². The highest BCUT2D eigenvalue weighted by Crippen LogP contribution is 2.34. The van der Waals surface area contributed by atoms with Crippen LogP contribution in [-0.4, -0.2) is 26.0 Å². The third kappa shape index (κ3) is 5.95. The van der Waals surface area contributed by atoms with Crippen LogP contribution in [0.2, 0.25) is 0 Å². The molecular weight excluding hydrogens is 467 g/mol. The molecule has 0 bridgehead atoms. The molecule has 0 heterocycles. The molecule has 1 aromatic rings. The number of nitrogens with one attached hydrogen (secondary N) is 1. The number of hydrogen-bond donors (Lipinski definition) is 2. The van der Waals surface area contributed by atoms with E-state index in [9.17, 15) is 31.5 Å².